The van der Waals surface area contributed by atoms with E-state index in [0.717, 1.165) is 44.1 Å². The molecular formula is C23H36Cl2O4. The molecule has 1 aromatic rings. The highest BCUT2D eigenvalue weighted by Crippen LogP contribution is 2.43. The van der Waals surface area contributed by atoms with E-state index < -0.39 is 17.5 Å². The molecule has 0 saturated heterocycles. The second-order valence-electron chi connectivity index (χ2n) is 7.74. The molecule has 4 nitrogen and oxygen atoms in total. The fourth-order valence-electron chi connectivity index (χ4n) is 3.75. The van der Waals surface area contributed by atoms with E-state index in [2.05, 4.69) is 18.1 Å². The number of halogens is 2. The van der Waals surface area contributed by atoms with Crippen molar-refractivity contribution < 1.29 is 19.3 Å². The molecule has 1 aromatic carbocycles. The van der Waals surface area contributed by atoms with Crippen LogP contribution in [0.15, 0.2) is 0 Å². The van der Waals surface area contributed by atoms with Gasteiger partial charge in [-0.05, 0) is 36.8 Å². The SMILES string of the molecule is CCCCCCCCc1c(Cl)c(O)c(O)c(C(=O)OCl)c1CCCCCCCC. The molecule has 0 unspecified atom stereocenters. The van der Waals surface area contributed by atoms with Gasteiger partial charge < -0.3 is 14.5 Å². The fraction of sp³-hybridized carbons (Fsp3) is 0.696. The van der Waals surface area contributed by atoms with Crippen LogP contribution in [0.5, 0.6) is 11.5 Å². The van der Waals surface area contributed by atoms with E-state index in [1.54, 1.807) is 0 Å². The van der Waals surface area contributed by atoms with E-state index in [4.69, 9.17) is 23.5 Å². The molecule has 0 bridgehead atoms. The lowest BCUT2D eigenvalue weighted by Gasteiger charge is -2.18. The van der Waals surface area contributed by atoms with E-state index >= 15 is 0 Å². The number of carbonyl (C=O) groups is 1. The second-order valence-corrected chi connectivity index (χ2v) is 8.28. The van der Waals surface area contributed by atoms with Crippen molar-refractivity contribution in [2.45, 2.75) is 104 Å². The first-order valence-electron chi connectivity index (χ1n) is 11.1. The van der Waals surface area contributed by atoms with E-state index in [-0.39, 0.29) is 10.6 Å². The second kappa shape index (κ2) is 14.8. The molecule has 29 heavy (non-hydrogen) atoms. The zero-order chi connectivity index (χ0) is 21.6. The Kier molecular flexibility index (Phi) is 13.2. The molecule has 0 aliphatic rings. The maximum Gasteiger partial charge on any atom is 0.360 e. The van der Waals surface area contributed by atoms with Crippen LogP contribution >= 0.6 is 23.5 Å². The first-order valence-corrected chi connectivity index (χ1v) is 11.8. The quantitative estimate of drug-likeness (QED) is 0.212. The van der Waals surface area contributed by atoms with Crippen LogP contribution in [0.1, 0.15) is 112 Å². The zero-order valence-electron chi connectivity index (χ0n) is 17.9. The maximum atomic E-state index is 12.2. The molecule has 2 N–H and O–H groups in total. The maximum absolute atomic E-state index is 12.2. The predicted octanol–water partition coefficient (Wildman–Crippen LogP) is 7.87. The minimum absolute atomic E-state index is 0.0589. The molecule has 0 heterocycles. The summed E-state index contributed by atoms with van der Waals surface area (Å²) in [5, 5.41) is 20.7. The van der Waals surface area contributed by atoms with E-state index in [1.165, 1.54) is 38.5 Å². The lowest BCUT2D eigenvalue weighted by Crippen LogP contribution is -2.09. The third-order valence-corrected chi connectivity index (χ3v) is 5.98. The smallest absolute Gasteiger partial charge is 0.360 e. The summed E-state index contributed by atoms with van der Waals surface area (Å²) in [6.45, 7) is 4.37. The summed E-state index contributed by atoms with van der Waals surface area (Å²) in [5.41, 5.74) is 1.32. The highest BCUT2D eigenvalue weighted by Gasteiger charge is 2.27. The Balaban J connectivity index is 2.99. The van der Waals surface area contributed by atoms with Gasteiger partial charge in [0, 0.05) is 0 Å². The lowest BCUT2D eigenvalue weighted by molar-refractivity contribution is 0.0746. The summed E-state index contributed by atoms with van der Waals surface area (Å²) in [6, 6.07) is 0. The molecule has 0 aliphatic carbocycles. The molecular weight excluding hydrogens is 411 g/mol. The molecule has 1 rings (SSSR count). The van der Waals surface area contributed by atoms with Gasteiger partial charge in [0.05, 0.1) is 5.02 Å². The van der Waals surface area contributed by atoms with Crippen molar-refractivity contribution in [2.75, 3.05) is 0 Å². The summed E-state index contributed by atoms with van der Waals surface area (Å²) in [4.78, 5) is 12.2. The van der Waals surface area contributed by atoms with Gasteiger partial charge in [-0.3, -0.25) is 0 Å². The summed E-state index contributed by atoms with van der Waals surface area (Å²) in [6.07, 6.45) is 14.6. The number of phenols is 2. The molecule has 0 amide bonds. The number of hydrogen-bond acceptors (Lipinski definition) is 4. The molecule has 0 fully saturated rings. The van der Waals surface area contributed by atoms with Gasteiger partial charge in [0.2, 0.25) is 0 Å². The standard InChI is InChI=1S/C23H36Cl2O4/c1-3-5-7-9-11-13-15-17-18(16-14-12-10-8-6-4-2)20(24)22(27)21(26)19(17)23(28)29-25/h26-27H,3-16H2,1-2H3. The van der Waals surface area contributed by atoms with Gasteiger partial charge >= 0.3 is 5.97 Å². The molecule has 0 atom stereocenters. The van der Waals surface area contributed by atoms with Crippen LogP contribution in [-0.2, 0) is 17.1 Å². The van der Waals surface area contributed by atoms with Crippen LogP contribution in [0.2, 0.25) is 5.02 Å². The Bertz CT molecular complexity index is 632. The minimum Gasteiger partial charge on any atom is -0.504 e. The van der Waals surface area contributed by atoms with Crippen molar-refractivity contribution in [3.05, 3.63) is 21.7 Å². The normalized spacial score (nSPS) is 11.0. The zero-order valence-corrected chi connectivity index (χ0v) is 19.4. The van der Waals surface area contributed by atoms with Crippen molar-refractivity contribution >= 4 is 29.4 Å². The molecule has 0 saturated carbocycles. The Morgan fingerprint density at radius 2 is 1.21 bits per heavy atom. The van der Waals surface area contributed by atoms with Gasteiger partial charge in [0.1, 0.15) is 17.4 Å². The third-order valence-electron chi connectivity index (χ3n) is 5.43. The van der Waals surface area contributed by atoms with Crippen molar-refractivity contribution in [3.63, 3.8) is 0 Å². The molecule has 166 valence electrons. The van der Waals surface area contributed by atoms with Crippen LogP contribution in [0.25, 0.3) is 0 Å². The summed E-state index contributed by atoms with van der Waals surface area (Å²) in [7, 11) is 0. The Morgan fingerprint density at radius 3 is 1.69 bits per heavy atom. The number of benzene rings is 1. The summed E-state index contributed by atoms with van der Waals surface area (Å²) < 4.78 is 4.36. The number of aromatic hydroxyl groups is 2. The van der Waals surface area contributed by atoms with Crippen molar-refractivity contribution in [2.24, 2.45) is 0 Å². The predicted molar refractivity (Wildman–Crippen MR) is 120 cm³/mol. The Morgan fingerprint density at radius 1 is 0.759 bits per heavy atom. The average Bonchev–Trinajstić information content (AvgIpc) is 2.72. The van der Waals surface area contributed by atoms with Gasteiger partial charge in [-0.2, -0.15) is 0 Å². The first-order chi connectivity index (χ1) is 14.0. The van der Waals surface area contributed by atoms with E-state index in [9.17, 15) is 15.0 Å². The van der Waals surface area contributed by atoms with Crippen LogP contribution in [-0.4, -0.2) is 16.2 Å². The Labute approximate surface area is 185 Å². The summed E-state index contributed by atoms with van der Waals surface area (Å²) in [5.74, 6) is -1.88. The topological polar surface area (TPSA) is 66.8 Å². The first kappa shape index (κ1) is 25.9. The molecule has 0 radical (unpaired) electrons. The monoisotopic (exact) mass is 446 g/mol. The largest absolute Gasteiger partial charge is 0.504 e. The highest BCUT2D eigenvalue weighted by molar-refractivity contribution is 6.33. The number of hydrogen-bond donors (Lipinski definition) is 2. The lowest BCUT2D eigenvalue weighted by atomic mass is 9.91. The summed E-state index contributed by atoms with van der Waals surface area (Å²) >= 11 is 11.7. The minimum atomic E-state index is -0.860. The molecule has 0 aliphatic heterocycles. The van der Waals surface area contributed by atoms with E-state index in [0.29, 0.717) is 18.4 Å². The van der Waals surface area contributed by atoms with Crippen LogP contribution in [0.4, 0.5) is 0 Å². The van der Waals surface area contributed by atoms with Gasteiger partial charge in [-0.25, -0.2) is 4.79 Å². The number of unbranched alkanes of at least 4 members (excludes halogenated alkanes) is 10. The van der Waals surface area contributed by atoms with Gasteiger partial charge in [-0.1, -0.05) is 89.7 Å². The fourth-order valence-corrected chi connectivity index (χ4v) is 4.13. The Hall–Kier alpha value is -1.13. The van der Waals surface area contributed by atoms with Gasteiger partial charge in [0.15, 0.2) is 11.5 Å². The van der Waals surface area contributed by atoms with Crippen molar-refractivity contribution in [3.8, 4) is 11.5 Å². The van der Waals surface area contributed by atoms with Crippen molar-refractivity contribution in [1.82, 2.24) is 0 Å². The molecule has 0 aromatic heterocycles. The highest BCUT2D eigenvalue weighted by atomic mass is 35.5. The number of rotatable bonds is 15. The van der Waals surface area contributed by atoms with Crippen LogP contribution in [0.3, 0.4) is 0 Å². The van der Waals surface area contributed by atoms with E-state index in [1.807, 2.05) is 0 Å². The third kappa shape index (κ3) is 8.25. The van der Waals surface area contributed by atoms with Crippen LogP contribution < -0.4 is 0 Å². The van der Waals surface area contributed by atoms with Gasteiger partial charge in [0.25, 0.3) is 0 Å². The molecule has 0 spiro atoms. The number of phenolic OH excluding ortho intramolecular Hbond substituents is 2. The number of carbonyl (C=O) groups excluding carboxylic acids is 1. The van der Waals surface area contributed by atoms with Crippen LogP contribution in [0, 0.1) is 0 Å². The average molecular weight is 447 g/mol. The van der Waals surface area contributed by atoms with Gasteiger partial charge in [-0.15, -0.1) is 0 Å². The van der Waals surface area contributed by atoms with Crippen molar-refractivity contribution in [1.29, 1.82) is 0 Å². The molecule has 6 heteroatoms.